The minimum absolute atomic E-state index is 0. The van der Waals surface area contributed by atoms with Crippen molar-refractivity contribution < 1.29 is 18.1 Å². The second kappa shape index (κ2) is 6.18. The van der Waals surface area contributed by atoms with Gasteiger partial charge in [-0.1, -0.05) is 11.3 Å². The molecule has 0 bridgehead atoms. The summed E-state index contributed by atoms with van der Waals surface area (Å²) in [6.45, 7) is 0. The van der Waals surface area contributed by atoms with Crippen molar-refractivity contribution in [1.29, 1.82) is 0 Å². The van der Waals surface area contributed by atoms with E-state index in [2.05, 4.69) is 0 Å². The lowest BCUT2D eigenvalue weighted by Crippen LogP contribution is -2.14. The van der Waals surface area contributed by atoms with Gasteiger partial charge >= 0.3 is 11.2 Å². The normalized spacial score (nSPS) is 12.9. The van der Waals surface area contributed by atoms with E-state index in [0.717, 1.165) is 11.3 Å². The zero-order chi connectivity index (χ0) is 12.3. The van der Waals surface area contributed by atoms with E-state index in [1.54, 1.807) is 0 Å². The van der Waals surface area contributed by atoms with Gasteiger partial charge in [-0.3, -0.25) is 10.1 Å². The number of alkyl halides is 3. The summed E-state index contributed by atoms with van der Waals surface area (Å²) in [4.78, 5) is 10.2. The minimum atomic E-state index is -4.25. The Hall–Kier alpha value is -0.860. The molecular formula is C8H10ClF3N2O2S. The van der Waals surface area contributed by atoms with Crippen molar-refractivity contribution in [2.75, 3.05) is 0 Å². The summed E-state index contributed by atoms with van der Waals surface area (Å²) in [5, 5.41) is 10.2. The minimum Gasteiger partial charge on any atom is -0.323 e. The highest BCUT2D eigenvalue weighted by Crippen LogP contribution is 2.32. The van der Waals surface area contributed by atoms with E-state index in [9.17, 15) is 23.3 Å². The number of nitro groups is 1. The lowest BCUT2D eigenvalue weighted by atomic mass is 10.1. The Morgan fingerprint density at radius 1 is 1.47 bits per heavy atom. The zero-order valence-electron chi connectivity index (χ0n) is 8.44. The summed E-state index contributed by atoms with van der Waals surface area (Å²) < 4.78 is 35.7. The molecule has 2 N–H and O–H groups in total. The average molecular weight is 291 g/mol. The number of rotatable bonds is 4. The maximum atomic E-state index is 11.9. The second-order valence-corrected chi connectivity index (χ2v) is 4.29. The predicted octanol–water partition coefficient (Wildman–Crippen LogP) is 3.42. The fraction of sp³-hybridized carbons (Fsp3) is 0.500. The number of hydrogen-bond acceptors (Lipinski definition) is 4. The standard InChI is InChI=1S/C8H9F3N2O2S.ClH/c9-8(10,11)4-3-5(12)6-1-2-7(16-6)13(14)15;/h1-2,5H,3-4,12H2;1H/t5-;/m1./s1. The molecule has 9 heteroatoms. The summed E-state index contributed by atoms with van der Waals surface area (Å²) in [6, 6.07) is 1.83. The molecule has 0 aliphatic heterocycles. The van der Waals surface area contributed by atoms with E-state index in [0.29, 0.717) is 4.88 Å². The molecule has 0 saturated heterocycles. The molecule has 1 aromatic heterocycles. The van der Waals surface area contributed by atoms with Gasteiger partial charge in [0.05, 0.1) is 4.92 Å². The Morgan fingerprint density at radius 2 is 2.06 bits per heavy atom. The average Bonchev–Trinajstić information content (AvgIpc) is 2.61. The first-order chi connectivity index (χ1) is 7.29. The van der Waals surface area contributed by atoms with Crippen molar-refractivity contribution in [2.24, 2.45) is 5.73 Å². The molecule has 0 spiro atoms. The highest BCUT2D eigenvalue weighted by atomic mass is 35.5. The molecule has 0 amide bonds. The Bertz CT molecular complexity index is 383. The van der Waals surface area contributed by atoms with Crippen LogP contribution in [-0.2, 0) is 0 Å². The predicted molar refractivity (Wildman–Crippen MR) is 60.4 cm³/mol. The van der Waals surface area contributed by atoms with Gasteiger partial charge in [-0.2, -0.15) is 13.2 Å². The number of nitrogens with zero attached hydrogens (tertiary/aromatic N) is 1. The summed E-state index contributed by atoms with van der Waals surface area (Å²) >= 11 is 0.808. The van der Waals surface area contributed by atoms with Crippen LogP contribution in [0.15, 0.2) is 12.1 Å². The Balaban J connectivity index is 0.00000256. The Morgan fingerprint density at radius 3 is 2.47 bits per heavy atom. The van der Waals surface area contributed by atoms with Gasteiger partial charge in [0.2, 0.25) is 0 Å². The van der Waals surface area contributed by atoms with Crippen LogP contribution in [0.1, 0.15) is 23.8 Å². The third kappa shape index (κ3) is 5.33. The molecule has 1 heterocycles. The summed E-state index contributed by atoms with van der Waals surface area (Å²) in [5.41, 5.74) is 5.50. The molecule has 0 unspecified atom stereocenters. The van der Waals surface area contributed by atoms with E-state index >= 15 is 0 Å². The van der Waals surface area contributed by atoms with Crippen LogP contribution in [0.5, 0.6) is 0 Å². The molecule has 4 nitrogen and oxygen atoms in total. The van der Waals surface area contributed by atoms with Gasteiger partial charge in [0.25, 0.3) is 0 Å². The van der Waals surface area contributed by atoms with E-state index in [1.807, 2.05) is 0 Å². The van der Waals surface area contributed by atoms with E-state index in [-0.39, 0.29) is 23.8 Å². The molecule has 1 rings (SSSR count). The van der Waals surface area contributed by atoms with E-state index in [1.165, 1.54) is 12.1 Å². The molecule has 0 radical (unpaired) electrons. The fourth-order valence-corrected chi connectivity index (χ4v) is 1.96. The third-order valence-electron chi connectivity index (χ3n) is 1.90. The maximum Gasteiger partial charge on any atom is 0.389 e. The molecule has 0 fully saturated rings. The molecular weight excluding hydrogens is 281 g/mol. The molecule has 0 aromatic carbocycles. The third-order valence-corrected chi connectivity index (χ3v) is 3.07. The maximum absolute atomic E-state index is 11.9. The van der Waals surface area contributed by atoms with Gasteiger partial charge in [0, 0.05) is 23.4 Å². The first-order valence-electron chi connectivity index (χ1n) is 4.36. The lowest BCUT2D eigenvalue weighted by molar-refractivity contribution is -0.380. The van der Waals surface area contributed by atoms with Crippen LogP contribution < -0.4 is 5.73 Å². The van der Waals surface area contributed by atoms with Gasteiger partial charge in [-0.15, -0.1) is 12.4 Å². The highest BCUT2D eigenvalue weighted by Gasteiger charge is 2.28. The topological polar surface area (TPSA) is 69.2 Å². The van der Waals surface area contributed by atoms with Crippen LogP contribution in [0.25, 0.3) is 0 Å². The van der Waals surface area contributed by atoms with E-state index in [4.69, 9.17) is 5.73 Å². The fourth-order valence-electron chi connectivity index (χ4n) is 1.10. The van der Waals surface area contributed by atoms with Gasteiger partial charge in [-0.05, 0) is 12.5 Å². The van der Waals surface area contributed by atoms with Crippen LogP contribution >= 0.6 is 23.7 Å². The molecule has 1 aromatic rings. The molecule has 1 atom stereocenters. The smallest absolute Gasteiger partial charge is 0.323 e. The van der Waals surface area contributed by atoms with Crippen molar-refractivity contribution in [1.82, 2.24) is 0 Å². The molecule has 0 aliphatic carbocycles. The van der Waals surface area contributed by atoms with Crippen LogP contribution in [0, 0.1) is 10.1 Å². The van der Waals surface area contributed by atoms with E-state index < -0.39 is 23.6 Å². The Kier molecular flexibility index (Phi) is 5.86. The largest absolute Gasteiger partial charge is 0.389 e. The van der Waals surface area contributed by atoms with Crippen LogP contribution in [0.4, 0.5) is 18.2 Å². The van der Waals surface area contributed by atoms with Crippen LogP contribution in [0.3, 0.4) is 0 Å². The number of thiophene rings is 1. The summed E-state index contributed by atoms with van der Waals surface area (Å²) in [7, 11) is 0. The van der Waals surface area contributed by atoms with Crippen molar-refractivity contribution in [3.05, 3.63) is 27.1 Å². The van der Waals surface area contributed by atoms with Gasteiger partial charge in [-0.25, -0.2) is 0 Å². The van der Waals surface area contributed by atoms with Crippen molar-refractivity contribution in [3.63, 3.8) is 0 Å². The van der Waals surface area contributed by atoms with Crippen molar-refractivity contribution >= 4 is 28.7 Å². The number of halogens is 4. The number of nitrogens with two attached hydrogens (primary N) is 1. The van der Waals surface area contributed by atoms with Crippen molar-refractivity contribution in [2.45, 2.75) is 25.1 Å². The zero-order valence-corrected chi connectivity index (χ0v) is 10.1. The second-order valence-electron chi connectivity index (χ2n) is 3.19. The molecule has 98 valence electrons. The van der Waals surface area contributed by atoms with Crippen molar-refractivity contribution in [3.8, 4) is 0 Å². The molecule has 0 aliphatic rings. The van der Waals surface area contributed by atoms with Crippen LogP contribution in [-0.4, -0.2) is 11.1 Å². The SMILES string of the molecule is Cl.N[C@H](CCC(F)(F)F)c1ccc([N+](=O)[O-])s1. The van der Waals surface area contributed by atoms with Gasteiger partial charge in [0.1, 0.15) is 0 Å². The first kappa shape index (κ1) is 16.1. The quantitative estimate of drug-likeness (QED) is 0.682. The highest BCUT2D eigenvalue weighted by molar-refractivity contribution is 7.15. The molecule has 17 heavy (non-hydrogen) atoms. The summed E-state index contributed by atoms with van der Waals surface area (Å²) in [5.74, 6) is 0. The lowest BCUT2D eigenvalue weighted by Gasteiger charge is -2.10. The summed E-state index contributed by atoms with van der Waals surface area (Å²) in [6.07, 6.45) is -5.50. The number of hydrogen-bond donors (Lipinski definition) is 1. The first-order valence-corrected chi connectivity index (χ1v) is 5.17. The van der Waals surface area contributed by atoms with Crippen LogP contribution in [0.2, 0.25) is 0 Å². The Labute approximate surface area is 105 Å². The van der Waals surface area contributed by atoms with Gasteiger partial charge < -0.3 is 5.73 Å². The van der Waals surface area contributed by atoms with Gasteiger partial charge in [0.15, 0.2) is 0 Å². The monoisotopic (exact) mass is 290 g/mol. The molecule has 0 saturated carbocycles.